The lowest BCUT2D eigenvalue weighted by molar-refractivity contribution is -0.943. The average Bonchev–Trinajstić information content (AvgIpc) is 3.82. The van der Waals surface area contributed by atoms with Gasteiger partial charge in [-0.2, -0.15) is 0 Å². The van der Waals surface area contributed by atoms with Crippen molar-refractivity contribution >= 4 is 63.9 Å². The number of carbonyl (C=O) groups excluding carboxylic acids is 3. The molecular weight excluding hydrogens is 721 g/mol. The monoisotopic (exact) mass is 758 g/mol. The number of anilines is 2. The summed E-state index contributed by atoms with van der Waals surface area (Å²) in [5.74, 6) is 0.166. The number of likely N-dealkylation sites (N-methyl/N-ethyl adjacent to an activating group) is 1. The Morgan fingerprint density at radius 2 is 1.87 bits per heavy atom. The zero-order valence-corrected chi connectivity index (χ0v) is 29.0. The first-order valence-corrected chi connectivity index (χ1v) is 17.0. The molecule has 0 saturated carbocycles. The van der Waals surface area contributed by atoms with E-state index in [2.05, 4.69) is 53.4 Å². The van der Waals surface area contributed by atoms with Crippen molar-refractivity contribution in [2.75, 3.05) is 31.8 Å². The second-order valence-corrected chi connectivity index (χ2v) is 15.0. The molecule has 2 bridgehead atoms. The number of hydrogen-bond donors (Lipinski definition) is 2. The quantitative estimate of drug-likeness (QED) is 0.0406. The normalized spacial score (nSPS) is 25.2. The Balaban J connectivity index is 1.07. The molecule has 5 atom stereocenters. The van der Waals surface area contributed by atoms with E-state index in [0.717, 1.165) is 46.9 Å². The van der Waals surface area contributed by atoms with Gasteiger partial charge in [-0.05, 0) is 65.1 Å². The van der Waals surface area contributed by atoms with Crippen LogP contribution in [0.25, 0.3) is 11.1 Å². The number of epoxide rings is 1. The third-order valence-corrected chi connectivity index (χ3v) is 12.3. The van der Waals surface area contributed by atoms with Crippen LogP contribution < -0.4 is 15.4 Å². The summed E-state index contributed by atoms with van der Waals surface area (Å²) in [6, 6.07) is 19.4. The van der Waals surface area contributed by atoms with Crippen LogP contribution >= 0.6 is 34.2 Å². The lowest BCUT2D eigenvalue weighted by Crippen LogP contribution is -2.65. The minimum atomic E-state index is -0.450. The minimum Gasteiger partial charge on any atom is -0.496 e. The van der Waals surface area contributed by atoms with Crippen molar-refractivity contribution in [2.24, 2.45) is 0 Å². The summed E-state index contributed by atoms with van der Waals surface area (Å²) in [7, 11) is 5.97. The van der Waals surface area contributed by atoms with Crippen LogP contribution in [-0.4, -0.2) is 71.9 Å². The standard InChI is InChI=1S/C35H37ClIN3O6/c1-40(2)29-17-24(19-35(40,37)33-32(29)46-33)45-34(43)39-27-15-21(13-14-25(27)22-10-5-4-6-11-22)9-7-8-12-31(42)38-28-18-30(44-3)23(20-41)16-26(28)36/h4-6,10-11,13-16,18,20,24,29,32-33H,7-9,12,17,19H2,1-3H3,(H-,38,39,41,42,43)/p+1/t24-,29-,32-,33+,35-/m0/s1. The molecule has 3 heterocycles. The van der Waals surface area contributed by atoms with Gasteiger partial charge in [-0.1, -0.05) is 54.1 Å². The molecule has 6 rings (SSSR count). The number of hydrogen-bond acceptors (Lipinski definition) is 6. The van der Waals surface area contributed by atoms with Crippen LogP contribution in [0, 0.1) is 0 Å². The maximum atomic E-state index is 13.3. The highest BCUT2D eigenvalue weighted by atomic mass is 127. The smallest absolute Gasteiger partial charge is 0.411 e. The number of rotatable bonds is 11. The van der Waals surface area contributed by atoms with Gasteiger partial charge in [0, 0.05) is 24.5 Å². The van der Waals surface area contributed by atoms with E-state index in [9.17, 15) is 14.4 Å². The molecule has 0 unspecified atom stereocenters. The number of methoxy groups -OCH3 is 1. The third-order valence-electron chi connectivity index (χ3n) is 9.67. The first-order chi connectivity index (χ1) is 22.0. The molecule has 242 valence electrons. The number of benzene rings is 3. The van der Waals surface area contributed by atoms with Crippen LogP contribution in [0.5, 0.6) is 5.75 Å². The number of fused-ring (bicyclic) bond motifs is 5. The van der Waals surface area contributed by atoms with Crippen molar-refractivity contribution in [1.82, 2.24) is 0 Å². The van der Waals surface area contributed by atoms with Crippen LogP contribution in [0.3, 0.4) is 0 Å². The molecule has 0 radical (unpaired) electrons. The van der Waals surface area contributed by atoms with Gasteiger partial charge in [-0.25, -0.2) is 4.79 Å². The van der Waals surface area contributed by atoms with Gasteiger partial charge in [-0.3, -0.25) is 14.9 Å². The third kappa shape index (κ3) is 6.36. The molecule has 0 aliphatic carbocycles. The van der Waals surface area contributed by atoms with E-state index in [4.69, 9.17) is 25.8 Å². The molecule has 0 aromatic heterocycles. The first-order valence-electron chi connectivity index (χ1n) is 15.5. The van der Waals surface area contributed by atoms with Gasteiger partial charge >= 0.3 is 6.09 Å². The number of nitrogens with zero attached hydrogens (tertiary/aromatic N) is 1. The topological polar surface area (TPSA) is 106 Å². The molecule has 3 fully saturated rings. The summed E-state index contributed by atoms with van der Waals surface area (Å²) in [6.07, 6.45) is 4.52. The Labute approximate surface area is 287 Å². The van der Waals surface area contributed by atoms with Crippen molar-refractivity contribution in [3.05, 3.63) is 76.8 Å². The number of aryl methyl sites for hydroxylation is 1. The average molecular weight is 759 g/mol. The number of unbranched alkanes of at least 4 members (excludes halogenated alkanes) is 1. The van der Waals surface area contributed by atoms with E-state index < -0.39 is 6.09 Å². The van der Waals surface area contributed by atoms with Gasteiger partial charge in [0.1, 0.15) is 24.0 Å². The molecule has 3 aliphatic heterocycles. The van der Waals surface area contributed by atoms with E-state index in [1.165, 1.54) is 13.2 Å². The van der Waals surface area contributed by atoms with E-state index in [-0.39, 0.29) is 32.8 Å². The van der Waals surface area contributed by atoms with Gasteiger partial charge in [0.15, 0.2) is 15.9 Å². The lowest BCUT2D eigenvalue weighted by Gasteiger charge is -2.50. The Hall–Kier alpha value is -3.19. The molecule has 2 N–H and O–H groups in total. The number of halogens is 2. The van der Waals surface area contributed by atoms with E-state index in [0.29, 0.717) is 47.9 Å². The fourth-order valence-corrected chi connectivity index (χ4v) is 8.60. The second-order valence-electron chi connectivity index (χ2n) is 12.7. The first kappa shape index (κ1) is 32.7. The molecule has 3 aromatic rings. The molecule has 9 nitrogen and oxygen atoms in total. The predicted molar refractivity (Wildman–Crippen MR) is 186 cm³/mol. The lowest BCUT2D eigenvalue weighted by atomic mass is 9.96. The minimum absolute atomic E-state index is 0.0948. The molecule has 46 heavy (non-hydrogen) atoms. The van der Waals surface area contributed by atoms with E-state index in [1.54, 1.807) is 6.07 Å². The van der Waals surface area contributed by atoms with Gasteiger partial charge in [0.2, 0.25) is 5.91 Å². The van der Waals surface area contributed by atoms with Crippen LogP contribution in [0.2, 0.25) is 5.02 Å². The molecule has 0 spiro atoms. The van der Waals surface area contributed by atoms with E-state index >= 15 is 0 Å². The number of ether oxygens (including phenoxy) is 3. The summed E-state index contributed by atoms with van der Waals surface area (Å²) in [6.45, 7) is 0. The highest BCUT2D eigenvalue weighted by Gasteiger charge is 2.78. The maximum Gasteiger partial charge on any atom is 0.411 e. The van der Waals surface area contributed by atoms with Gasteiger partial charge in [0.05, 0.1) is 49.6 Å². The summed E-state index contributed by atoms with van der Waals surface area (Å²) >= 11 is 8.78. The number of piperidine rings is 1. The second kappa shape index (κ2) is 13.1. The Bertz CT molecular complexity index is 1650. The fraction of sp³-hybridized carbons (Fsp3) is 0.400. The highest BCUT2D eigenvalue weighted by molar-refractivity contribution is 14.1. The van der Waals surface area contributed by atoms with Gasteiger partial charge in [-0.15, -0.1) is 0 Å². The Morgan fingerprint density at radius 1 is 1.09 bits per heavy atom. The fourth-order valence-electron chi connectivity index (χ4n) is 7.03. The van der Waals surface area contributed by atoms with Crippen LogP contribution in [0.4, 0.5) is 16.2 Å². The number of amides is 2. The Kier molecular flexibility index (Phi) is 9.35. The number of quaternary nitrogens is 1. The zero-order chi connectivity index (χ0) is 32.6. The summed E-state index contributed by atoms with van der Waals surface area (Å²) in [5.41, 5.74) is 4.36. The van der Waals surface area contributed by atoms with E-state index in [1.807, 2.05) is 42.5 Å². The SMILES string of the molecule is COc1cc(NC(=O)CCCCc2ccc(-c3ccccc3)c(NC(=O)O[C@H]3C[C@H]4[C@@H]5O[C@H]5[C@](I)(C3)[N+]4(C)C)c2)c(Cl)cc1C=O. The molecule has 3 saturated heterocycles. The number of nitrogens with one attached hydrogen (secondary N) is 2. The van der Waals surface area contributed by atoms with Crippen molar-refractivity contribution in [3.8, 4) is 16.9 Å². The maximum absolute atomic E-state index is 13.3. The van der Waals surface area contributed by atoms with Crippen molar-refractivity contribution < 1.29 is 33.1 Å². The number of aldehydes is 1. The van der Waals surface area contributed by atoms with Crippen molar-refractivity contribution in [2.45, 2.75) is 66.4 Å². The van der Waals surface area contributed by atoms with Crippen LogP contribution in [0.15, 0.2) is 60.7 Å². The number of carbonyl (C=O) groups is 3. The predicted octanol–water partition coefficient (Wildman–Crippen LogP) is 7.25. The number of morpholine rings is 1. The Morgan fingerprint density at radius 3 is 2.59 bits per heavy atom. The largest absolute Gasteiger partial charge is 0.496 e. The summed E-state index contributed by atoms with van der Waals surface area (Å²) < 4.78 is 18.0. The number of alkyl halides is 1. The highest BCUT2D eigenvalue weighted by Crippen LogP contribution is 2.61. The molecule has 3 aliphatic rings. The zero-order valence-electron chi connectivity index (χ0n) is 26.1. The summed E-state index contributed by atoms with van der Waals surface area (Å²) in [5, 5.41) is 6.13. The van der Waals surface area contributed by atoms with Crippen LogP contribution in [-0.2, 0) is 20.7 Å². The van der Waals surface area contributed by atoms with Crippen molar-refractivity contribution in [1.29, 1.82) is 0 Å². The van der Waals surface area contributed by atoms with Gasteiger partial charge < -0.3 is 24.0 Å². The van der Waals surface area contributed by atoms with Gasteiger partial charge in [0.25, 0.3) is 0 Å². The molecule has 3 aromatic carbocycles. The molecule has 11 heteroatoms. The molecule has 2 amide bonds. The van der Waals surface area contributed by atoms with Crippen LogP contribution in [0.1, 0.15) is 48.0 Å². The summed E-state index contributed by atoms with van der Waals surface area (Å²) in [4.78, 5) is 37.2. The van der Waals surface area contributed by atoms with Crippen molar-refractivity contribution in [3.63, 3.8) is 0 Å². The molecular formula is C35H38ClIN3O6+.